The van der Waals surface area contributed by atoms with Crippen LogP contribution in [-0.4, -0.2) is 15.9 Å². The zero-order valence-electron chi connectivity index (χ0n) is 12.7. The molecule has 3 aromatic rings. The number of pyridine rings is 1. The van der Waals surface area contributed by atoms with E-state index >= 15 is 0 Å². The number of rotatable bonds is 4. The van der Waals surface area contributed by atoms with Crippen molar-refractivity contribution in [1.29, 1.82) is 0 Å². The summed E-state index contributed by atoms with van der Waals surface area (Å²) in [5.74, 6) is -4.06. The first-order valence-electron chi connectivity index (χ1n) is 7.07. The Balaban J connectivity index is 2.12. The molecule has 0 radical (unpaired) electrons. The number of aromatic nitrogens is 2. The van der Waals surface area contributed by atoms with Crippen molar-refractivity contribution in [2.75, 3.05) is 0 Å². The van der Waals surface area contributed by atoms with Crippen molar-refractivity contribution < 1.29 is 31.1 Å². The van der Waals surface area contributed by atoms with Gasteiger partial charge >= 0.3 is 12.1 Å². The molecule has 0 unspecified atom stereocenters. The minimum absolute atomic E-state index is 0.0295. The molecule has 5 nitrogen and oxygen atoms in total. The van der Waals surface area contributed by atoms with Crippen LogP contribution in [0, 0.1) is 11.6 Å². The van der Waals surface area contributed by atoms with Gasteiger partial charge in [-0.25, -0.2) is 13.6 Å². The summed E-state index contributed by atoms with van der Waals surface area (Å²) in [5, 5.41) is 0. The van der Waals surface area contributed by atoms with Gasteiger partial charge in [0.1, 0.15) is 23.8 Å². The molecule has 0 saturated heterocycles. The van der Waals surface area contributed by atoms with E-state index in [1.54, 1.807) is 0 Å². The maximum atomic E-state index is 14.2. The number of oxazole rings is 1. The van der Waals surface area contributed by atoms with Gasteiger partial charge in [-0.1, -0.05) is 6.07 Å². The van der Waals surface area contributed by atoms with Crippen molar-refractivity contribution in [2.45, 2.75) is 12.4 Å². The van der Waals surface area contributed by atoms with E-state index in [2.05, 4.69) is 14.1 Å². The lowest BCUT2D eigenvalue weighted by Gasteiger charge is -2.19. The minimum Gasteiger partial charge on any atom is -0.416 e. The maximum absolute atomic E-state index is 14.2. The topological polar surface area (TPSA) is 57.3 Å². The zero-order chi connectivity index (χ0) is 18.9. The van der Waals surface area contributed by atoms with E-state index in [1.165, 1.54) is 18.5 Å². The second-order valence-electron chi connectivity index (χ2n) is 5.09. The first-order chi connectivity index (χ1) is 12.3. The normalized spacial score (nSPS) is 12.8. The Morgan fingerprint density at radius 1 is 1.15 bits per heavy atom. The molecule has 0 spiro atoms. The standard InChI is InChI=1S/C16H9F5N2O3/c17-10-2-1-5-22-13(10)14(23-6-7-25-15(23)24)9-3-4-12(11(18)8-9)26-16(19,20)21/h1-8,14H/t14-/m0/s1. The molecule has 136 valence electrons. The lowest BCUT2D eigenvalue weighted by atomic mass is 10.0. The molecular formula is C16H9F5N2O3. The predicted octanol–water partition coefficient (Wildman–Crippen LogP) is 3.65. The van der Waals surface area contributed by atoms with Crippen LogP contribution in [0.25, 0.3) is 0 Å². The quantitative estimate of drug-likeness (QED) is 0.656. The Morgan fingerprint density at radius 2 is 1.92 bits per heavy atom. The molecule has 0 saturated carbocycles. The number of benzene rings is 1. The zero-order valence-corrected chi connectivity index (χ0v) is 12.7. The highest BCUT2D eigenvalue weighted by atomic mass is 19.4. The SMILES string of the molecule is O=c1occn1[C@@H](c1ccc(OC(F)(F)F)c(F)c1)c1ncccc1F. The third-order valence-corrected chi connectivity index (χ3v) is 3.42. The molecular weight excluding hydrogens is 363 g/mol. The van der Waals surface area contributed by atoms with Crippen LogP contribution < -0.4 is 10.5 Å². The molecule has 0 N–H and O–H groups in total. The van der Waals surface area contributed by atoms with Gasteiger partial charge < -0.3 is 9.15 Å². The Kier molecular flexibility index (Phi) is 4.49. The average molecular weight is 372 g/mol. The van der Waals surface area contributed by atoms with Crippen LogP contribution in [-0.2, 0) is 0 Å². The summed E-state index contributed by atoms with van der Waals surface area (Å²) >= 11 is 0. The highest BCUT2D eigenvalue weighted by Crippen LogP contribution is 2.31. The van der Waals surface area contributed by atoms with Crippen LogP contribution in [0.15, 0.2) is 58.2 Å². The molecule has 3 rings (SSSR count). The number of hydrogen-bond acceptors (Lipinski definition) is 4. The van der Waals surface area contributed by atoms with Crippen LogP contribution in [0.1, 0.15) is 17.3 Å². The predicted molar refractivity (Wildman–Crippen MR) is 77.5 cm³/mol. The van der Waals surface area contributed by atoms with Gasteiger partial charge in [0, 0.05) is 12.4 Å². The summed E-state index contributed by atoms with van der Waals surface area (Å²) in [4.78, 5) is 15.7. The van der Waals surface area contributed by atoms with E-state index in [4.69, 9.17) is 0 Å². The number of hydrogen-bond donors (Lipinski definition) is 0. The van der Waals surface area contributed by atoms with E-state index < -0.39 is 35.5 Å². The van der Waals surface area contributed by atoms with Gasteiger partial charge in [-0.15, -0.1) is 13.2 Å². The van der Waals surface area contributed by atoms with E-state index in [9.17, 15) is 26.7 Å². The van der Waals surface area contributed by atoms with Gasteiger partial charge in [0.05, 0.1) is 0 Å². The smallest absolute Gasteiger partial charge is 0.416 e. The molecule has 0 amide bonds. The van der Waals surface area contributed by atoms with Crippen molar-refractivity contribution in [1.82, 2.24) is 9.55 Å². The van der Waals surface area contributed by atoms with Crippen molar-refractivity contribution in [3.63, 3.8) is 0 Å². The Bertz CT molecular complexity index is 980. The third-order valence-electron chi connectivity index (χ3n) is 3.42. The maximum Gasteiger partial charge on any atom is 0.573 e. The summed E-state index contributed by atoms with van der Waals surface area (Å²) in [6, 6.07) is 3.66. The molecule has 10 heteroatoms. The van der Waals surface area contributed by atoms with Crippen molar-refractivity contribution in [3.05, 3.63) is 82.4 Å². The van der Waals surface area contributed by atoms with Crippen LogP contribution in [0.2, 0.25) is 0 Å². The van der Waals surface area contributed by atoms with Gasteiger partial charge in [0.2, 0.25) is 0 Å². The summed E-state index contributed by atoms with van der Waals surface area (Å²) < 4.78 is 74.2. The second kappa shape index (κ2) is 6.62. The molecule has 2 aromatic heterocycles. The van der Waals surface area contributed by atoms with Gasteiger partial charge in [-0.05, 0) is 29.8 Å². The van der Waals surface area contributed by atoms with Crippen molar-refractivity contribution in [3.8, 4) is 5.75 Å². The minimum atomic E-state index is -5.07. The molecule has 0 bridgehead atoms. The molecule has 2 heterocycles. The fourth-order valence-electron chi connectivity index (χ4n) is 2.41. The van der Waals surface area contributed by atoms with E-state index in [0.717, 1.165) is 29.0 Å². The van der Waals surface area contributed by atoms with E-state index in [-0.39, 0.29) is 11.3 Å². The summed E-state index contributed by atoms with van der Waals surface area (Å²) in [6.07, 6.45) is -1.60. The molecule has 0 aliphatic rings. The fraction of sp³-hybridized carbons (Fsp3) is 0.125. The Labute approximate surface area is 142 Å². The molecule has 0 aliphatic heterocycles. The first kappa shape index (κ1) is 17.6. The lowest BCUT2D eigenvalue weighted by Crippen LogP contribution is -2.24. The molecule has 1 aromatic carbocycles. The third kappa shape index (κ3) is 3.58. The fourth-order valence-corrected chi connectivity index (χ4v) is 2.41. The molecule has 0 aliphatic carbocycles. The Hall–Kier alpha value is -3.17. The van der Waals surface area contributed by atoms with Crippen LogP contribution in [0.4, 0.5) is 22.0 Å². The lowest BCUT2D eigenvalue weighted by molar-refractivity contribution is -0.275. The second-order valence-corrected chi connectivity index (χ2v) is 5.09. The number of nitrogens with zero attached hydrogens (tertiary/aromatic N) is 2. The highest BCUT2D eigenvalue weighted by molar-refractivity contribution is 5.35. The van der Waals surface area contributed by atoms with Crippen LogP contribution >= 0.6 is 0 Å². The summed E-state index contributed by atoms with van der Waals surface area (Å²) in [7, 11) is 0. The number of ether oxygens (including phenoxy) is 1. The van der Waals surface area contributed by atoms with Crippen molar-refractivity contribution in [2.24, 2.45) is 0 Å². The van der Waals surface area contributed by atoms with Crippen LogP contribution in [0.3, 0.4) is 0 Å². The highest BCUT2D eigenvalue weighted by Gasteiger charge is 2.33. The first-order valence-corrected chi connectivity index (χ1v) is 7.07. The Morgan fingerprint density at radius 3 is 2.50 bits per heavy atom. The van der Waals surface area contributed by atoms with Gasteiger partial charge in [-0.2, -0.15) is 0 Å². The molecule has 26 heavy (non-hydrogen) atoms. The van der Waals surface area contributed by atoms with Gasteiger partial charge in [0.15, 0.2) is 11.6 Å². The van der Waals surface area contributed by atoms with Crippen LogP contribution in [0.5, 0.6) is 5.75 Å². The van der Waals surface area contributed by atoms with Crippen molar-refractivity contribution >= 4 is 0 Å². The molecule has 0 fully saturated rings. The molecule has 1 atom stereocenters. The largest absolute Gasteiger partial charge is 0.573 e. The summed E-state index contributed by atoms with van der Waals surface area (Å²) in [6.45, 7) is 0. The van der Waals surface area contributed by atoms with E-state index in [1.807, 2.05) is 0 Å². The van der Waals surface area contributed by atoms with Gasteiger partial charge in [0.25, 0.3) is 0 Å². The average Bonchev–Trinajstić information content (AvgIpc) is 2.97. The number of alkyl halides is 3. The van der Waals surface area contributed by atoms with Gasteiger partial charge in [-0.3, -0.25) is 9.55 Å². The monoisotopic (exact) mass is 372 g/mol. The summed E-state index contributed by atoms with van der Waals surface area (Å²) in [5.41, 5.74) is -0.266. The van der Waals surface area contributed by atoms with E-state index in [0.29, 0.717) is 6.07 Å². The number of halogens is 5.